The zero-order chi connectivity index (χ0) is 23.4. The number of aliphatic hydroxyl groups is 1. The lowest BCUT2D eigenvalue weighted by Crippen LogP contribution is -2.29. The normalized spacial score (nSPS) is 17.4. The maximum absolute atomic E-state index is 13.1. The zero-order valence-electron chi connectivity index (χ0n) is 18.5. The molecule has 7 heteroatoms. The SMILES string of the molecule is CCOc1ccc(/C(O)=C2\C(=O)C(=O)N(Cc3ccco3)C2c2cccc(OCC)c2)cc1. The van der Waals surface area contributed by atoms with E-state index in [4.69, 9.17) is 13.9 Å². The van der Waals surface area contributed by atoms with Crippen LogP contribution in [0, 0.1) is 0 Å². The van der Waals surface area contributed by atoms with Gasteiger partial charge in [0.15, 0.2) is 0 Å². The number of Topliss-reactive ketones (excluding diaryl/α,β-unsaturated/α-hetero) is 1. The molecule has 1 amide bonds. The van der Waals surface area contributed by atoms with Crippen molar-refractivity contribution >= 4 is 17.4 Å². The van der Waals surface area contributed by atoms with Crippen molar-refractivity contribution in [3.05, 3.63) is 89.4 Å². The predicted molar refractivity (Wildman–Crippen MR) is 122 cm³/mol. The summed E-state index contributed by atoms with van der Waals surface area (Å²) in [5, 5.41) is 11.2. The van der Waals surface area contributed by atoms with Gasteiger partial charge < -0.3 is 23.9 Å². The fourth-order valence-corrected chi connectivity index (χ4v) is 3.93. The molecule has 2 aromatic carbocycles. The summed E-state index contributed by atoms with van der Waals surface area (Å²) in [6.07, 6.45) is 1.51. The first kappa shape index (κ1) is 22.2. The number of likely N-dealkylation sites (tertiary alicyclic amines) is 1. The van der Waals surface area contributed by atoms with E-state index < -0.39 is 17.7 Å². The minimum Gasteiger partial charge on any atom is -0.507 e. The molecule has 0 radical (unpaired) electrons. The lowest BCUT2D eigenvalue weighted by Gasteiger charge is -2.25. The van der Waals surface area contributed by atoms with Crippen LogP contribution in [0.25, 0.3) is 5.76 Å². The monoisotopic (exact) mass is 447 g/mol. The third kappa shape index (κ3) is 4.48. The molecule has 1 atom stereocenters. The Morgan fingerprint density at radius 3 is 2.36 bits per heavy atom. The number of ether oxygens (including phenoxy) is 2. The molecule has 7 nitrogen and oxygen atoms in total. The molecule has 1 saturated heterocycles. The van der Waals surface area contributed by atoms with E-state index in [0.717, 1.165) is 0 Å². The van der Waals surface area contributed by atoms with Crippen LogP contribution in [0.2, 0.25) is 0 Å². The number of carbonyl (C=O) groups is 2. The molecule has 1 fully saturated rings. The lowest BCUT2D eigenvalue weighted by atomic mass is 9.95. The molecule has 33 heavy (non-hydrogen) atoms. The van der Waals surface area contributed by atoms with Crippen molar-refractivity contribution < 1.29 is 28.6 Å². The van der Waals surface area contributed by atoms with Gasteiger partial charge >= 0.3 is 0 Å². The highest BCUT2D eigenvalue weighted by molar-refractivity contribution is 6.46. The van der Waals surface area contributed by atoms with E-state index in [1.165, 1.54) is 11.2 Å². The third-order valence-electron chi connectivity index (χ3n) is 5.37. The highest BCUT2D eigenvalue weighted by atomic mass is 16.5. The number of aliphatic hydroxyl groups excluding tert-OH is 1. The van der Waals surface area contributed by atoms with E-state index in [-0.39, 0.29) is 17.9 Å². The van der Waals surface area contributed by atoms with E-state index >= 15 is 0 Å². The summed E-state index contributed by atoms with van der Waals surface area (Å²) in [5.41, 5.74) is 1.09. The van der Waals surface area contributed by atoms with Crippen LogP contribution in [-0.2, 0) is 16.1 Å². The Hall–Kier alpha value is -4.00. The number of nitrogens with zero attached hydrogens (tertiary/aromatic N) is 1. The molecule has 0 bridgehead atoms. The van der Waals surface area contributed by atoms with Gasteiger partial charge in [0.25, 0.3) is 11.7 Å². The fraction of sp³-hybridized carbons (Fsp3) is 0.231. The van der Waals surface area contributed by atoms with Crippen LogP contribution < -0.4 is 9.47 Å². The van der Waals surface area contributed by atoms with Crippen molar-refractivity contribution in [3.63, 3.8) is 0 Å². The second-order valence-electron chi connectivity index (χ2n) is 7.47. The van der Waals surface area contributed by atoms with Crippen LogP contribution in [0.4, 0.5) is 0 Å². The number of hydrogen-bond acceptors (Lipinski definition) is 6. The topological polar surface area (TPSA) is 89.2 Å². The van der Waals surface area contributed by atoms with Gasteiger partial charge in [-0.15, -0.1) is 0 Å². The molecule has 0 saturated carbocycles. The number of benzene rings is 2. The van der Waals surface area contributed by atoms with Gasteiger partial charge in [0, 0.05) is 5.56 Å². The van der Waals surface area contributed by atoms with Crippen LogP contribution in [0.3, 0.4) is 0 Å². The summed E-state index contributed by atoms with van der Waals surface area (Å²) in [7, 11) is 0. The first-order chi connectivity index (χ1) is 16.0. The average Bonchev–Trinajstić information content (AvgIpc) is 3.42. The van der Waals surface area contributed by atoms with Crippen molar-refractivity contribution in [1.29, 1.82) is 0 Å². The highest BCUT2D eigenvalue weighted by Crippen LogP contribution is 2.41. The summed E-state index contributed by atoms with van der Waals surface area (Å²) in [4.78, 5) is 27.6. The summed E-state index contributed by atoms with van der Waals surface area (Å²) in [5.74, 6) is 0.0902. The third-order valence-corrected chi connectivity index (χ3v) is 5.37. The smallest absolute Gasteiger partial charge is 0.296 e. The van der Waals surface area contributed by atoms with Gasteiger partial charge in [-0.05, 0) is 67.9 Å². The average molecular weight is 447 g/mol. The lowest BCUT2D eigenvalue weighted by molar-refractivity contribution is -0.140. The Bertz CT molecular complexity index is 1160. The molecule has 1 aromatic heterocycles. The minimum atomic E-state index is -0.804. The van der Waals surface area contributed by atoms with Crippen LogP contribution in [0.1, 0.15) is 36.8 Å². The summed E-state index contributed by atoms with van der Waals surface area (Å²) >= 11 is 0. The quantitative estimate of drug-likeness (QED) is 0.306. The van der Waals surface area contributed by atoms with Gasteiger partial charge in [-0.2, -0.15) is 0 Å². The van der Waals surface area contributed by atoms with Crippen LogP contribution in [0.15, 0.2) is 76.9 Å². The molecule has 3 aromatic rings. The van der Waals surface area contributed by atoms with Crippen molar-refractivity contribution in [2.24, 2.45) is 0 Å². The van der Waals surface area contributed by atoms with Gasteiger partial charge in [0.05, 0.1) is 37.6 Å². The van der Waals surface area contributed by atoms with E-state index in [9.17, 15) is 14.7 Å². The fourth-order valence-electron chi connectivity index (χ4n) is 3.93. The van der Waals surface area contributed by atoms with Crippen molar-refractivity contribution in [2.45, 2.75) is 26.4 Å². The predicted octanol–water partition coefficient (Wildman–Crippen LogP) is 4.70. The number of hydrogen-bond donors (Lipinski definition) is 1. The molecule has 1 N–H and O–H groups in total. The summed E-state index contributed by atoms with van der Waals surface area (Å²) in [6, 6.07) is 16.6. The van der Waals surface area contributed by atoms with Crippen LogP contribution >= 0.6 is 0 Å². The van der Waals surface area contributed by atoms with Crippen LogP contribution in [-0.4, -0.2) is 34.9 Å². The van der Waals surface area contributed by atoms with Gasteiger partial charge in [0.1, 0.15) is 23.0 Å². The molecule has 1 aliphatic heterocycles. The molecule has 170 valence electrons. The molecule has 2 heterocycles. The molecule has 0 spiro atoms. The van der Waals surface area contributed by atoms with Crippen molar-refractivity contribution in [3.8, 4) is 11.5 Å². The Morgan fingerprint density at radius 2 is 1.70 bits per heavy atom. The van der Waals surface area contributed by atoms with Crippen LogP contribution in [0.5, 0.6) is 11.5 Å². The largest absolute Gasteiger partial charge is 0.507 e. The molecular weight excluding hydrogens is 422 g/mol. The highest BCUT2D eigenvalue weighted by Gasteiger charge is 2.46. The maximum atomic E-state index is 13.1. The minimum absolute atomic E-state index is 0.0179. The van der Waals surface area contributed by atoms with Gasteiger partial charge in [-0.3, -0.25) is 9.59 Å². The Labute approximate surface area is 191 Å². The van der Waals surface area contributed by atoms with Gasteiger partial charge in [0.2, 0.25) is 0 Å². The molecule has 1 unspecified atom stereocenters. The number of rotatable bonds is 8. The summed E-state index contributed by atoms with van der Waals surface area (Å²) in [6.45, 7) is 4.83. The maximum Gasteiger partial charge on any atom is 0.296 e. The molecule has 0 aliphatic carbocycles. The van der Waals surface area contributed by atoms with Crippen molar-refractivity contribution in [1.82, 2.24) is 4.90 Å². The van der Waals surface area contributed by atoms with E-state index in [0.29, 0.717) is 41.6 Å². The number of ketones is 1. The Balaban J connectivity index is 1.82. The van der Waals surface area contributed by atoms with Gasteiger partial charge in [-0.25, -0.2) is 0 Å². The second-order valence-corrected chi connectivity index (χ2v) is 7.47. The van der Waals surface area contributed by atoms with E-state index in [1.54, 1.807) is 60.7 Å². The summed E-state index contributed by atoms with van der Waals surface area (Å²) < 4.78 is 16.5. The zero-order valence-corrected chi connectivity index (χ0v) is 18.5. The van der Waals surface area contributed by atoms with E-state index in [1.807, 2.05) is 13.8 Å². The molecular formula is C26H25NO6. The first-order valence-corrected chi connectivity index (χ1v) is 10.8. The van der Waals surface area contributed by atoms with Gasteiger partial charge in [-0.1, -0.05) is 12.1 Å². The Kier molecular flexibility index (Phi) is 6.49. The van der Waals surface area contributed by atoms with E-state index in [2.05, 4.69) is 0 Å². The second kappa shape index (κ2) is 9.65. The number of furan rings is 1. The standard InChI is InChI=1S/C26H25NO6/c1-3-31-19-12-10-17(11-13-19)24(28)22-23(18-7-5-8-20(15-18)32-4-2)27(26(30)25(22)29)16-21-9-6-14-33-21/h5-15,23,28H,3-4,16H2,1-2H3/b24-22+. The number of carbonyl (C=O) groups excluding carboxylic acids is 2. The first-order valence-electron chi connectivity index (χ1n) is 10.8. The van der Waals surface area contributed by atoms with Crippen molar-refractivity contribution in [2.75, 3.05) is 13.2 Å². The number of amides is 1. The Morgan fingerprint density at radius 1 is 0.970 bits per heavy atom. The molecule has 1 aliphatic rings. The molecule has 4 rings (SSSR count).